The van der Waals surface area contributed by atoms with E-state index in [2.05, 4.69) is 6.07 Å². The summed E-state index contributed by atoms with van der Waals surface area (Å²) in [6.45, 7) is 4.05. The number of amides is 1. The van der Waals surface area contributed by atoms with Gasteiger partial charge in [0.05, 0.1) is 0 Å². The Kier molecular flexibility index (Phi) is 2.48. The fraction of sp³-hybridized carbons (Fsp3) is 0.300. The Balaban J connectivity index is 3.08. The van der Waals surface area contributed by atoms with Gasteiger partial charge in [-0.25, -0.2) is 0 Å². The molecule has 0 aromatic heterocycles. The summed E-state index contributed by atoms with van der Waals surface area (Å²) in [7, 11) is 1.75. The normalized spacial score (nSPS) is 9.58. The highest BCUT2D eigenvalue weighted by Gasteiger charge is 1.99. The molecule has 0 unspecified atom stereocenters. The molecule has 1 aromatic carbocycles. The molecule has 1 amide bonds. The maximum atomic E-state index is 10.5. The van der Waals surface area contributed by atoms with Crippen molar-refractivity contribution in [1.29, 1.82) is 0 Å². The third-order valence-electron chi connectivity index (χ3n) is 1.77. The smallest absolute Gasteiger partial charge is 0.213 e. The van der Waals surface area contributed by atoms with E-state index < -0.39 is 0 Å². The molecule has 0 aliphatic heterocycles. The zero-order valence-corrected chi connectivity index (χ0v) is 7.66. The van der Waals surface area contributed by atoms with Crippen LogP contribution in [-0.4, -0.2) is 13.5 Å². The third kappa shape index (κ3) is 1.84. The van der Waals surface area contributed by atoms with Gasteiger partial charge in [0, 0.05) is 12.7 Å². The van der Waals surface area contributed by atoms with Gasteiger partial charge in [-0.05, 0) is 37.1 Å². The van der Waals surface area contributed by atoms with Gasteiger partial charge in [0.15, 0.2) is 0 Å². The third-order valence-corrected chi connectivity index (χ3v) is 1.77. The summed E-state index contributed by atoms with van der Waals surface area (Å²) in [5.41, 5.74) is 3.31. The molecule has 1 aromatic rings. The molecule has 0 radical (unpaired) electrons. The highest BCUT2D eigenvalue weighted by atomic mass is 16.1. The van der Waals surface area contributed by atoms with Crippen LogP contribution in [0.2, 0.25) is 0 Å². The van der Waals surface area contributed by atoms with Crippen molar-refractivity contribution >= 4 is 12.1 Å². The lowest BCUT2D eigenvalue weighted by Gasteiger charge is -2.11. The number of hydrogen-bond donors (Lipinski definition) is 0. The topological polar surface area (TPSA) is 20.3 Å². The average Bonchev–Trinajstić information content (AvgIpc) is 2.01. The number of aryl methyl sites for hydroxylation is 2. The van der Waals surface area contributed by atoms with E-state index in [0.717, 1.165) is 12.1 Å². The summed E-state index contributed by atoms with van der Waals surface area (Å²) >= 11 is 0. The van der Waals surface area contributed by atoms with Crippen LogP contribution < -0.4 is 4.90 Å². The molecule has 2 heteroatoms. The van der Waals surface area contributed by atoms with Gasteiger partial charge in [0.25, 0.3) is 0 Å². The highest BCUT2D eigenvalue weighted by molar-refractivity contribution is 5.74. The molecule has 0 heterocycles. The molecule has 0 aliphatic rings. The molecule has 0 saturated heterocycles. The van der Waals surface area contributed by atoms with Crippen molar-refractivity contribution in [2.24, 2.45) is 0 Å². The minimum atomic E-state index is 0.814. The van der Waals surface area contributed by atoms with E-state index in [1.165, 1.54) is 11.1 Å². The summed E-state index contributed by atoms with van der Waals surface area (Å²) in [6.07, 6.45) is 0.814. The maximum Gasteiger partial charge on any atom is 0.213 e. The van der Waals surface area contributed by atoms with Gasteiger partial charge in [-0.2, -0.15) is 0 Å². The van der Waals surface area contributed by atoms with E-state index in [-0.39, 0.29) is 0 Å². The van der Waals surface area contributed by atoms with Gasteiger partial charge in [0.1, 0.15) is 0 Å². The number of rotatable bonds is 2. The second kappa shape index (κ2) is 3.39. The van der Waals surface area contributed by atoms with Crippen LogP contribution in [0.15, 0.2) is 18.2 Å². The Hall–Kier alpha value is -1.31. The van der Waals surface area contributed by atoms with Gasteiger partial charge in [-0.1, -0.05) is 6.07 Å². The predicted molar refractivity (Wildman–Crippen MR) is 50.4 cm³/mol. The molecule has 0 aliphatic carbocycles. The Labute approximate surface area is 72.8 Å². The molecule has 1 rings (SSSR count). The van der Waals surface area contributed by atoms with Crippen molar-refractivity contribution in [3.8, 4) is 0 Å². The Morgan fingerprint density at radius 1 is 1.17 bits per heavy atom. The van der Waals surface area contributed by atoms with E-state index in [0.29, 0.717) is 0 Å². The average molecular weight is 163 g/mol. The fourth-order valence-electron chi connectivity index (χ4n) is 1.22. The fourth-order valence-corrected chi connectivity index (χ4v) is 1.22. The molecular formula is C10H13NO. The van der Waals surface area contributed by atoms with Crippen molar-refractivity contribution in [1.82, 2.24) is 0 Å². The number of benzene rings is 1. The number of carbonyl (C=O) groups is 1. The molecule has 12 heavy (non-hydrogen) atoms. The first-order valence-corrected chi connectivity index (χ1v) is 3.90. The second-order valence-corrected chi connectivity index (χ2v) is 3.06. The van der Waals surface area contributed by atoms with E-state index in [4.69, 9.17) is 0 Å². The summed E-state index contributed by atoms with van der Waals surface area (Å²) < 4.78 is 0. The van der Waals surface area contributed by atoms with Crippen LogP contribution in [0.3, 0.4) is 0 Å². The SMILES string of the molecule is Cc1cc(C)cc(N(C)C=O)c1. The van der Waals surface area contributed by atoms with Crippen LogP contribution in [0.25, 0.3) is 0 Å². The van der Waals surface area contributed by atoms with Crippen molar-refractivity contribution < 1.29 is 4.79 Å². The first kappa shape index (κ1) is 8.78. The highest BCUT2D eigenvalue weighted by Crippen LogP contribution is 2.15. The van der Waals surface area contributed by atoms with Crippen molar-refractivity contribution in [3.63, 3.8) is 0 Å². The lowest BCUT2D eigenvalue weighted by atomic mass is 10.1. The van der Waals surface area contributed by atoms with Gasteiger partial charge >= 0.3 is 0 Å². The number of anilines is 1. The molecule has 0 N–H and O–H groups in total. The van der Waals surface area contributed by atoms with E-state index in [1.54, 1.807) is 11.9 Å². The molecular weight excluding hydrogens is 150 g/mol. The molecule has 64 valence electrons. The van der Waals surface area contributed by atoms with Gasteiger partial charge < -0.3 is 4.90 Å². The van der Waals surface area contributed by atoms with E-state index >= 15 is 0 Å². The molecule has 0 fully saturated rings. The van der Waals surface area contributed by atoms with Gasteiger partial charge in [-0.3, -0.25) is 4.79 Å². The summed E-state index contributed by atoms with van der Waals surface area (Å²) in [5.74, 6) is 0. The number of carbonyl (C=O) groups excluding carboxylic acids is 1. The number of hydrogen-bond acceptors (Lipinski definition) is 1. The van der Waals surface area contributed by atoms with E-state index in [1.807, 2.05) is 26.0 Å². The minimum Gasteiger partial charge on any atom is -0.318 e. The lowest BCUT2D eigenvalue weighted by molar-refractivity contribution is -0.107. The quantitative estimate of drug-likeness (QED) is 0.610. The molecule has 0 bridgehead atoms. The number of nitrogens with zero attached hydrogens (tertiary/aromatic N) is 1. The monoisotopic (exact) mass is 163 g/mol. The van der Waals surface area contributed by atoms with Crippen molar-refractivity contribution in [2.45, 2.75) is 13.8 Å². The molecule has 2 nitrogen and oxygen atoms in total. The first-order chi connectivity index (χ1) is 5.63. The molecule has 0 saturated carbocycles. The van der Waals surface area contributed by atoms with E-state index in [9.17, 15) is 4.79 Å². The summed E-state index contributed by atoms with van der Waals surface area (Å²) in [4.78, 5) is 12.0. The Bertz CT molecular complexity index is 274. The summed E-state index contributed by atoms with van der Waals surface area (Å²) in [5, 5.41) is 0. The molecule has 0 atom stereocenters. The van der Waals surface area contributed by atoms with Crippen molar-refractivity contribution in [2.75, 3.05) is 11.9 Å². The first-order valence-electron chi connectivity index (χ1n) is 3.90. The zero-order valence-electron chi connectivity index (χ0n) is 7.66. The van der Waals surface area contributed by atoms with Crippen LogP contribution in [-0.2, 0) is 4.79 Å². The zero-order chi connectivity index (χ0) is 9.14. The Morgan fingerprint density at radius 2 is 1.67 bits per heavy atom. The van der Waals surface area contributed by atoms with Crippen LogP contribution in [0.4, 0.5) is 5.69 Å². The van der Waals surface area contributed by atoms with Crippen LogP contribution in [0.1, 0.15) is 11.1 Å². The minimum absolute atomic E-state index is 0.814. The largest absolute Gasteiger partial charge is 0.318 e. The van der Waals surface area contributed by atoms with Crippen molar-refractivity contribution in [3.05, 3.63) is 29.3 Å². The second-order valence-electron chi connectivity index (χ2n) is 3.06. The van der Waals surface area contributed by atoms with Crippen LogP contribution in [0, 0.1) is 13.8 Å². The molecule has 0 spiro atoms. The standard InChI is InChI=1S/C10H13NO/c1-8-4-9(2)6-10(5-8)11(3)7-12/h4-7H,1-3H3. The maximum absolute atomic E-state index is 10.5. The van der Waals surface area contributed by atoms with Crippen LogP contribution in [0.5, 0.6) is 0 Å². The lowest BCUT2D eigenvalue weighted by Crippen LogP contribution is -2.13. The van der Waals surface area contributed by atoms with Crippen LogP contribution >= 0.6 is 0 Å². The predicted octanol–water partition coefficient (Wildman–Crippen LogP) is 1.90. The Morgan fingerprint density at radius 3 is 2.08 bits per heavy atom. The summed E-state index contributed by atoms with van der Waals surface area (Å²) in [6, 6.07) is 6.06. The van der Waals surface area contributed by atoms with Gasteiger partial charge in [0.2, 0.25) is 6.41 Å². The van der Waals surface area contributed by atoms with Gasteiger partial charge in [-0.15, -0.1) is 0 Å².